The maximum absolute atomic E-state index is 13.1. The van der Waals surface area contributed by atoms with Gasteiger partial charge in [-0.3, -0.25) is 14.4 Å². The van der Waals surface area contributed by atoms with Crippen molar-refractivity contribution in [2.45, 2.75) is 32.2 Å². The van der Waals surface area contributed by atoms with E-state index in [0.29, 0.717) is 25.1 Å². The lowest BCUT2D eigenvalue weighted by Crippen LogP contribution is -2.31. The second-order valence-electron chi connectivity index (χ2n) is 6.74. The Morgan fingerprint density at radius 2 is 2.07 bits per heavy atom. The Labute approximate surface area is 155 Å². The molecule has 27 heavy (non-hydrogen) atoms. The Bertz CT molecular complexity index is 938. The minimum absolute atomic E-state index is 0.00548. The summed E-state index contributed by atoms with van der Waals surface area (Å²) in [6.45, 7) is 2.73. The molecule has 2 N–H and O–H groups in total. The Morgan fingerprint density at radius 1 is 1.26 bits per heavy atom. The topological polar surface area (TPSA) is 123 Å². The van der Waals surface area contributed by atoms with E-state index in [1.54, 1.807) is 15.9 Å². The number of likely N-dealkylation sites (tertiary alicyclic amines) is 1. The molecule has 1 atom stereocenters. The second-order valence-corrected chi connectivity index (χ2v) is 6.74. The third-order valence-corrected chi connectivity index (χ3v) is 5.06. The predicted molar refractivity (Wildman–Crippen MR) is 94.0 cm³/mol. The first kappa shape index (κ1) is 17.2. The van der Waals surface area contributed by atoms with Gasteiger partial charge in [-0.2, -0.15) is 4.98 Å². The van der Waals surface area contributed by atoms with E-state index >= 15 is 0 Å². The van der Waals surface area contributed by atoms with Crippen LogP contribution in [-0.2, 0) is 11.2 Å². The highest BCUT2D eigenvalue weighted by Crippen LogP contribution is 2.34. The number of aromatic nitrogens is 2. The molecule has 9 nitrogen and oxygen atoms in total. The zero-order valence-corrected chi connectivity index (χ0v) is 14.8. The molecule has 1 aromatic carbocycles. The summed E-state index contributed by atoms with van der Waals surface area (Å²) >= 11 is 0. The molecule has 2 aliphatic heterocycles. The first-order chi connectivity index (χ1) is 13.0. The largest absolute Gasteiger partial charge is 0.363 e. The highest BCUT2D eigenvalue weighted by Gasteiger charge is 2.35. The van der Waals surface area contributed by atoms with Crippen LogP contribution in [0, 0.1) is 0 Å². The molecule has 1 aromatic heterocycles. The Morgan fingerprint density at radius 3 is 2.78 bits per heavy atom. The van der Waals surface area contributed by atoms with E-state index in [2.05, 4.69) is 10.1 Å². The van der Waals surface area contributed by atoms with Crippen molar-refractivity contribution < 1.29 is 18.9 Å². The van der Waals surface area contributed by atoms with Crippen LogP contribution in [0.3, 0.4) is 0 Å². The molecule has 4 rings (SSSR count). The van der Waals surface area contributed by atoms with Crippen LogP contribution in [0.1, 0.15) is 58.2 Å². The van der Waals surface area contributed by atoms with Crippen molar-refractivity contribution in [3.63, 3.8) is 0 Å². The van der Waals surface area contributed by atoms with E-state index < -0.39 is 5.91 Å². The second kappa shape index (κ2) is 6.49. The zero-order valence-electron chi connectivity index (χ0n) is 14.8. The molecule has 140 valence electrons. The maximum Gasteiger partial charge on any atom is 0.290 e. The molecule has 1 unspecified atom stereocenters. The van der Waals surface area contributed by atoms with Crippen LogP contribution in [0.25, 0.3) is 0 Å². The fourth-order valence-corrected chi connectivity index (χ4v) is 3.76. The van der Waals surface area contributed by atoms with Crippen molar-refractivity contribution in [3.05, 3.63) is 41.0 Å². The van der Waals surface area contributed by atoms with Crippen molar-refractivity contribution in [2.75, 3.05) is 18.0 Å². The number of rotatable bonds is 3. The number of anilines is 1. The quantitative estimate of drug-likeness (QED) is 0.863. The van der Waals surface area contributed by atoms with Gasteiger partial charge in [0.1, 0.15) is 6.04 Å². The first-order valence-corrected chi connectivity index (χ1v) is 8.81. The van der Waals surface area contributed by atoms with E-state index in [4.69, 9.17) is 10.3 Å². The van der Waals surface area contributed by atoms with E-state index in [1.807, 2.05) is 12.1 Å². The number of hydrogen-bond acceptors (Lipinski definition) is 6. The molecule has 0 spiro atoms. The van der Waals surface area contributed by atoms with Gasteiger partial charge in [-0.25, -0.2) is 0 Å². The fraction of sp³-hybridized carbons (Fsp3) is 0.389. The number of carbonyl (C=O) groups is 3. The average Bonchev–Trinajstić information content (AvgIpc) is 3.37. The molecule has 0 saturated carbocycles. The van der Waals surface area contributed by atoms with Gasteiger partial charge in [-0.1, -0.05) is 5.16 Å². The van der Waals surface area contributed by atoms with Crippen molar-refractivity contribution >= 4 is 23.4 Å². The lowest BCUT2D eigenvalue weighted by atomic mass is 10.1. The van der Waals surface area contributed by atoms with E-state index in [9.17, 15) is 14.4 Å². The fourth-order valence-electron chi connectivity index (χ4n) is 3.76. The van der Waals surface area contributed by atoms with E-state index in [-0.39, 0.29) is 29.6 Å². The summed E-state index contributed by atoms with van der Waals surface area (Å²) in [6, 6.07) is 5.03. The molecule has 0 aliphatic carbocycles. The van der Waals surface area contributed by atoms with Gasteiger partial charge in [0.05, 0.1) is 0 Å². The molecule has 9 heteroatoms. The Hall–Kier alpha value is -3.23. The van der Waals surface area contributed by atoms with Gasteiger partial charge in [-0.05, 0) is 43.0 Å². The molecule has 3 heterocycles. The number of amides is 3. The van der Waals surface area contributed by atoms with Gasteiger partial charge in [0.25, 0.3) is 17.6 Å². The smallest absolute Gasteiger partial charge is 0.290 e. The summed E-state index contributed by atoms with van der Waals surface area (Å²) < 4.78 is 5.14. The number of fused-ring (bicyclic) bond motifs is 1. The number of primary amides is 1. The van der Waals surface area contributed by atoms with Crippen LogP contribution in [-0.4, -0.2) is 45.9 Å². The van der Waals surface area contributed by atoms with E-state index in [1.165, 1.54) is 6.92 Å². The van der Waals surface area contributed by atoms with Crippen LogP contribution in [0.5, 0.6) is 0 Å². The summed E-state index contributed by atoms with van der Waals surface area (Å²) in [6.07, 6.45) is 2.20. The van der Waals surface area contributed by atoms with Crippen LogP contribution in [0.4, 0.5) is 5.69 Å². The van der Waals surface area contributed by atoms with E-state index in [0.717, 1.165) is 24.1 Å². The zero-order chi connectivity index (χ0) is 19.1. The number of hydrogen-bond donors (Lipinski definition) is 1. The van der Waals surface area contributed by atoms with Gasteiger partial charge in [0.15, 0.2) is 0 Å². The third-order valence-electron chi connectivity index (χ3n) is 5.06. The summed E-state index contributed by atoms with van der Waals surface area (Å²) in [7, 11) is 0. The van der Waals surface area contributed by atoms with Gasteiger partial charge in [0.2, 0.25) is 11.8 Å². The molecule has 3 amide bonds. The maximum atomic E-state index is 13.1. The normalized spacial score (nSPS) is 18.6. The van der Waals surface area contributed by atoms with Crippen molar-refractivity contribution in [1.82, 2.24) is 15.0 Å². The molecular weight excluding hydrogens is 350 g/mol. The Kier molecular flexibility index (Phi) is 4.14. The molecule has 2 aromatic rings. The average molecular weight is 369 g/mol. The summed E-state index contributed by atoms with van der Waals surface area (Å²) in [5, 5.41) is 3.56. The molecule has 0 bridgehead atoms. The van der Waals surface area contributed by atoms with Gasteiger partial charge in [0, 0.05) is 31.3 Å². The van der Waals surface area contributed by atoms with Crippen molar-refractivity contribution in [1.29, 1.82) is 0 Å². The SMILES string of the molecule is CC(=O)N1CCc2cc(C(=O)N3CCCC3c3nc(C(N)=O)no3)ccc21. The van der Waals surface area contributed by atoms with Gasteiger partial charge < -0.3 is 20.1 Å². The lowest BCUT2D eigenvalue weighted by Gasteiger charge is -2.22. The van der Waals surface area contributed by atoms with Crippen LogP contribution in [0.2, 0.25) is 0 Å². The van der Waals surface area contributed by atoms with Gasteiger partial charge >= 0.3 is 0 Å². The molecule has 1 fully saturated rings. The predicted octanol–water partition coefficient (Wildman–Crippen LogP) is 1.05. The Balaban J connectivity index is 1.58. The minimum atomic E-state index is -0.769. The molecule has 1 saturated heterocycles. The van der Waals surface area contributed by atoms with Crippen molar-refractivity contribution in [3.8, 4) is 0 Å². The highest BCUT2D eigenvalue weighted by atomic mass is 16.5. The van der Waals surface area contributed by atoms with Crippen LogP contribution < -0.4 is 10.6 Å². The summed E-state index contributed by atoms with van der Waals surface area (Å²) in [5.74, 6) is -0.881. The molecular formula is C18H19N5O4. The van der Waals surface area contributed by atoms with Crippen LogP contribution in [0.15, 0.2) is 22.7 Å². The van der Waals surface area contributed by atoms with Gasteiger partial charge in [-0.15, -0.1) is 0 Å². The monoisotopic (exact) mass is 369 g/mol. The number of nitrogens with two attached hydrogens (primary N) is 1. The van der Waals surface area contributed by atoms with Crippen LogP contribution >= 0.6 is 0 Å². The number of nitrogens with zero attached hydrogens (tertiary/aromatic N) is 4. The molecule has 2 aliphatic rings. The summed E-state index contributed by atoms with van der Waals surface area (Å²) in [4.78, 5) is 43.3. The third kappa shape index (κ3) is 2.94. The first-order valence-electron chi connectivity index (χ1n) is 8.81. The minimum Gasteiger partial charge on any atom is -0.363 e. The standard InChI is InChI=1S/C18H19N5O4/c1-10(24)22-8-6-11-9-12(4-5-13(11)22)18(26)23-7-2-3-14(23)17-20-16(15(19)25)21-27-17/h4-5,9,14H,2-3,6-8H2,1H3,(H2,19,25). The van der Waals surface area contributed by atoms with Crippen molar-refractivity contribution in [2.24, 2.45) is 5.73 Å². The summed E-state index contributed by atoms with van der Waals surface area (Å²) in [5.41, 5.74) is 7.57. The lowest BCUT2D eigenvalue weighted by molar-refractivity contribution is -0.116. The number of benzene rings is 1. The molecule has 0 radical (unpaired) electrons. The number of carbonyl (C=O) groups excluding carboxylic acids is 3. The highest BCUT2D eigenvalue weighted by molar-refractivity contribution is 5.98.